The minimum absolute atomic E-state index is 0.0202. The average molecular weight is 341 g/mol. The second-order valence-electron chi connectivity index (χ2n) is 5.63. The van der Waals surface area contributed by atoms with Gasteiger partial charge in [-0.15, -0.1) is 11.8 Å². The molecule has 0 aromatic heterocycles. The molecule has 0 aliphatic carbocycles. The van der Waals surface area contributed by atoms with Crippen LogP contribution < -0.4 is 5.32 Å². The van der Waals surface area contributed by atoms with E-state index >= 15 is 0 Å². The predicted molar refractivity (Wildman–Crippen MR) is 90.1 cm³/mol. The third kappa shape index (κ3) is 4.65. The number of likely N-dealkylation sites (tertiary alicyclic amines) is 1. The minimum Gasteiger partial charge on any atom is -0.355 e. The van der Waals surface area contributed by atoms with Crippen LogP contribution in [0.5, 0.6) is 0 Å². The zero-order valence-corrected chi connectivity index (χ0v) is 14.4. The zero-order chi connectivity index (χ0) is 16.1. The molecular weight excluding hydrogens is 320 g/mol. The van der Waals surface area contributed by atoms with Gasteiger partial charge in [0.25, 0.3) is 0 Å². The van der Waals surface area contributed by atoms with Crippen molar-refractivity contribution in [2.24, 2.45) is 5.92 Å². The number of rotatable bonds is 6. The van der Waals surface area contributed by atoms with Gasteiger partial charge in [0.1, 0.15) is 0 Å². The van der Waals surface area contributed by atoms with Gasteiger partial charge in [-0.1, -0.05) is 11.6 Å². The van der Waals surface area contributed by atoms with Gasteiger partial charge in [0, 0.05) is 41.2 Å². The highest BCUT2D eigenvalue weighted by Crippen LogP contribution is 2.21. The fourth-order valence-corrected chi connectivity index (χ4v) is 3.32. The van der Waals surface area contributed by atoms with E-state index in [1.807, 2.05) is 38.1 Å². The van der Waals surface area contributed by atoms with Crippen LogP contribution >= 0.6 is 23.4 Å². The lowest BCUT2D eigenvalue weighted by Gasteiger charge is -2.20. The maximum Gasteiger partial charge on any atom is 0.225 e. The molecule has 0 radical (unpaired) electrons. The molecule has 1 unspecified atom stereocenters. The van der Waals surface area contributed by atoms with Crippen molar-refractivity contribution in [1.82, 2.24) is 10.2 Å². The highest BCUT2D eigenvalue weighted by Gasteiger charge is 2.35. The first-order chi connectivity index (χ1) is 10.5. The van der Waals surface area contributed by atoms with E-state index in [1.165, 1.54) is 0 Å². The third-order valence-electron chi connectivity index (χ3n) is 3.64. The second kappa shape index (κ2) is 7.88. The smallest absolute Gasteiger partial charge is 0.225 e. The summed E-state index contributed by atoms with van der Waals surface area (Å²) >= 11 is 7.50. The molecule has 6 heteroatoms. The lowest BCUT2D eigenvalue weighted by atomic mass is 10.1. The second-order valence-corrected chi connectivity index (χ2v) is 7.24. The number of nitrogens with zero attached hydrogens (tertiary/aromatic N) is 1. The molecule has 1 aliphatic heterocycles. The summed E-state index contributed by atoms with van der Waals surface area (Å²) in [6.07, 6.45) is 0.328. The lowest BCUT2D eigenvalue weighted by Crippen LogP contribution is -2.36. The lowest BCUT2D eigenvalue weighted by molar-refractivity contribution is -0.129. The normalized spacial score (nSPS) is 18.1. The molecule has 0 saturated carbocycles. The number of benzene rings is 1. The van der Waals surface area contributed by atoms with Crippen LogP contribution in [-0.2, 0) is 9.59 Å². The summed E-state index contributed by atoms with van der Waals surface area (Å²) in [6.45, 7) is 5.08. The number of halogens is 1. The Morgan fingerprint density at radius 3 is 2.68 bits per heavy atom. The maximum absolute atomic E-state index is 12.1. The standard InChI is InChI=1S/C16H21ClN2O2S/c1-11(2)19-10-12(9-15(19)20)16(21)18-7-8-22-14-5-3-13(17)4-6-14/h3-6,11-12H,7-10H2,1-2H3,(H,18,21). The van der Waals surface area contributed by atoms with Crippen molar-refractivity contribution in [3.63, 3.8) is 0 Å². The largest absolute Gasteiger partial charge is 0.355 e. The number of thioether (sulfide) groups is 1. The first-order valence-electron chi connectivity index (χ1n) is 7.43. The molecule has 22 heavy (non-hydrogen) atoms. The number of carbonyl (C=O) groups excluding carboxylic acids is 2. The highest BCUT2D eigenvalue weighted by atomic mass is 35.5. The van der Waals surface area contributed by atoms with Crippen LogP contribution in [0.4, 0.5) is 0 Å². The van der Waals surface area contributed by atoms with E-state index in [4.69, 9.17) is 11.6 Å². The van der Waals surface area contributed by atoms with Crippen LogP contribution in [0.1, 0.15) is 20.3 Å². The average Bonchev–Trinajstić information content (AvgIpc) is 2.87. The molecule has 1 heterocycles. The first-order valence-corrected chi connectivity index (χ1v) is 8.79. The van der Waals surface area contributed by atoms with E-state index in [0.717, 1.165) is 15.7 Å². The summed E-state index contributed by atoms with van der Waals surface area (Å²) in [7, 11) is 0. The first kappa shape index (κ1) is 17.2. The molecule has 120 valence electrons. The topological polar surface area (TPSA) is 49.4 Å². The molecular formula is C16H21ClN2O2S. The van der Waals surface area contributed by atoms with Gasteiger partial charge in [0.15, 0.2) is 0 Å². The maximum atomic E-state index is 12.1. The number of hydrogen-bond acceptors (Lipinski definition) is 3. The van der Waals surface area contributed by atoms with Gasteiger partial charge in [-0.05, 0) is 38.1 Å². The molecule has 2 rings (SSSR count). The van der Waals surface area contributed by atoms with Crippen LogP contribution in [0.2, 0.25) is 5.02 Å². The third-order valence-corrected chi connectivity index (χ3v) is 4.90. The van der Waals surface area contributed by atoms with Gasteiger partial charge < -0.3 is 10.2 Å². The predicted octanol–water partition coefficient (Wildman–Crippen LogP) is 2.81. The van der Waals surface area contributed by atoms with E-state index in [-0.39, 0.29) is 23.8 Å². The molecule has 2 amide bonds. The van der Waals surface area contributed by atoms with Crippen molar-refractivity contribution < 1.29 is 9.59 Å². The van der Waals surface area contributed by atoms with Crippen molar-refractivity contribution in [3.05, 3.63) is 29.3 Å². The monoisotopic (exact) mass is 340 g/mol. The van der Waals surface area contributed by atoms with E-state index in [9.17, 15) is 9.59 Å². The van der Waals surface area contributed by atoms with Crippen molar-refractivity contribution in [1.29, 1.82) is 0 Å². The van der Waals surface area contributed by atoms with Crippen molar-refractivity contribution >= 4 is 35.2 Å². The molecule has 1 saturated heterocycles. The Bertz CT molecular complexity index is 533. The van der Waals surface area contributed by atoms with Crippen LogP contribution in [0.3, 0.4) is 0 Å². The Morgan fingerprint density at radius 2 is 2.09 bits per heavy atom. The van der Waals surface area contributed by atoms with Crippen molar-refractivity contribution in [2.75, 3.05) is 18.8 Å². The van der Waals surface area contributed by atoms with E-state index in [1.54, 1.807) is 16.7 Å². The van der Waals surface area contributed by atoms with Crippen LogP contribution in [0.15, 0.2) is 29.2 Å². The Hall–Kier alpha value is -1.20. The fourth-order valence-electron chi connectivity index (χ4n) is 2.42. The number of hydrogen-bond donors (Lipinski definition) is 1. The van der Waals surface area contributed by atoms with Gasteiger partial charge in [0.2, 0.25) is 11.8 Å². The van der Waals surface area contributed by atoms with E-state index in [0.29, 0.717) is 19.5 Å². The van der Waals surface area contributed by atoms with Crippen LogP contribution in [0.25, 0.3) is 0 Å². The Morgan fingerprint density at radius 1 is 1.41 bits per heavy atom. The summed E-state index contributed by atoms with van der Waals surface area (Å²) in [5.41, 5.74) is 0. The molecule has 4 nitrogen and oxygen atoms in total. The molecule has 0 spiro atoms. The Balaban J connectivity index is 1.70. The molecule has 0 bridgehead atoms. The summed E-state index contributed by atoms with van der Waals surface area (Å²) < 4.78 is 0. The highest BCUT2D eigenvalue weighted by molar-refractivity contribution is 7.99. The molecule has 1 aliphatic rings. The summed E-state index contributed by atoms with van der Waals surface area (Å²) in [4.78, 5) is 26.8. The van der Waals surface area contributed by atoms with Gasteiger partial charge >= 0.3 is 0 Å². The van der Waals surface area contributed by atoms with Crippen LogP contribution in [-0.4, -0.2) is 41.6 Å². The quantitative estimate of drug-likeness (QED) is 0.640. The summed E-state index contributed by atoms with van der Waals surface area (Å²) in [6, 6.07) is 7.79. The Labute approximate surface area is 140 Å². The summed E-state index contributed by atoms with van der Waals surface area (Å²) in [5.74, 6) is 0.636. The number of carbonyl (C=O) groups is 2. The molecule has 1 aromatic carbocycles. The van der Waals surface area contributed by atoms with Crippen molar-refractivity contribution in [3.8, 4) is 0 Å². The fraction of sp³-hybridized carbons (Fsp3) is 0.500. The SMILES string of the molecule is CC(C)N1CC(C(=O)NCCSc2ccc(Cl)cc2)CC1=O. The summed E-state index contributed by atoms with van der Waals surface area (Å²) in [5, 5.41) is 3.64. The molecule has 1 aromatic rings. The number of amides is 2. The molecule has 1 N–H and O–H groups in total. The van der Waals surface area contributed by atoms with Gasteiger partial charge in [-0.25, -0.2) is 0 Å². The zero-order valence-electron chi connectivity index (χ0n) is 12.8. The van der Waals surface area contributed by atoms with E-state index < -0.39 is 0 Å². The van der Waals surface area contributed by atoms with Gasteiger partial charge in [-0.3, -0.25) is 9.59 Å². The van der Waals surface area contributed by atoms with E-state index in [2.05, 4.69) is 5.32 Å². The number of nitrogens with one attached hydrogen (secondary N) is 1. The molecule has 1 fully saturated rings. The van der Waals surface area contributed by atoms with Gasteiger partial charge in [-0.2, -0.15) is 0 Å². The van der Waals surface area contributed by atoms with Crippen molar-refractivity contribution in [2.45, 2.75) is 31.2 Å². The van der Waals surface area contributed by atoms with Gasteiger partial charge in [0.05, 0.1) is 5.92 Å². The van der Waals surface area contributed by atoms with Crippen LogP contribution in [0, 0.1) is 5.92 Å². The molecule has 1 atom stereocenters. The Kier molecular flexibility index (Phi) is 6.15. The minimum atomic E-state index is -0.213.